The zero-order valence-corrected chi connectivity index (χ0v) is 22.1. The Morgan fingerprint density at radius 1 is 1.25 bits per heavy atom. The first kappa shape index (κ1) is 24.9. The molecule has 0 aliphatic carbocycles. The molecule has 2 atom stereocenters. The van der Waals surface area contributed by atoms with Gasteiger partial charge in [-0.15, -0.1) is 0 Å². The first-order chi connectivity index (χ1) is 17.4. The van der Waals surface area contributed by atoms with Crippen LogP contribution in [0.15, 0.2) is 42.6 Å². The molecular formula is C29H34FN3O2S. The van der Waals surface area contributed by atoms with E-state index in [1.165, 1.54) is 22.8 Å². The van der Waals surface area contributed by atoms with Gasteiger partial charge in [-0.25, -0.2) is 9.37 Å². The van der Waals surface area contributed by atoms with Gasteiger partial charge in [0.25, 0.3) is 0 Å². The zero-order chi connectivity index (χ0) is 25.2. The van der Waals surface area contributed by atoms with Gasteiger partial charge in [0.2, 0.25) is 0 Å². The second kappa shape index (κ2) is 10.7. The quantitative estimate of drug-likeness (QED) is 0.373. The summed E-state index contributed by atoms with van der Waals surface area (Å²) < 4.78 is 19.7. The number of benzene rings is 2. The molecule has 0 radical (unpaired) electrons. The molecule has 0 saturated carbocycles. The molecule has 2 aliphatic rings. The number of fused-ring (bicyclic) bond motifs is 1. The number of aldehydes is 1. The molecule has 7 heteroatoms. The molecule has 0 spiro atoms. The number of ether oxygens (including phenoxy) is 1. The molecule has 3 aromatic rings. The number of carbonyl (C=O) groups excluding carboxylic acids is 1. The van der Waals surface area contributed by atoms with E-state index in [-0.39, 0.29) is 11.9 Å². The highest BCUT2D eigenvalue weighted by molar-refractivity contribution is 7.18. The summed E-state index contributed by atoms with van der Waals surface area (Å²) in [6, 6.07) is 11.5. The molecule has 0 bridgehead atoms. The van der Waals surface area contributed by atoms with Gasteiger partial charge in [0.15, 0.2) is 17.5 Å². The van der Waals surface area contributed by atoms with Crippen molar-refractivity contribution in [2.24, 2.45) is 5.92 Å². The molecule has 36 heavy (non-hydrogen) atoms. The van der Waals surface area contributed by atoms with Crippen molar-refractivity contribution >= 4 is 22.8 Å². The van der Waals surface area contributed by atoms with Crippen molar-refractivity contribution in [1.29, 1.82) is 0 Å². The van der Waals surface area contributed by atoms with Crippen LogP contribution in [0.3, 0.4) is 0 Å². The third kappa shape index (κ3) is 5.47. The Hall–Kier alpha value is -2.77. The maximum Gasteiger partial charge on any atom is 0.186 e. The van der Waals surface area contributed by atoms with Crippen LogP contribution >= 0.6 is 11.3 Å². The van der Waals surface area contributed by atoms with Crippen LogP contribution in [0, 0.1) is 18.7 Å². The maximum atomic E-state index is 13.7. The van der Waals surface area contributed by atoms with Crippen LogP contribution in [0.2, 0.25) is 0 Å². The van der Waals surface area contributed by atoms with Crippen molar-refractivity contribution in [3.8, 4) is 16.2 Å². The van der Waals surface area contributed by atoms with Gasteiger partial charge in [0.05, 0.1) is 4.88 Å². The van der Waals surface area contributed by atoms with Gasteiger partial charge in [0, 0.05) is 38.4 Å². The van der Waals surface area contributed by atoms with E-state index < -0.39 is 0 Å². The summed E-state index contributed by atoms with van der Waals surface area (Å²) >= 11 is 1.64. The van der Waals surface area contributed by atoms with Gasteiger partial charge < -0.3 is 9.64 Å². The van der Waals surface area contributed by atoms with E-state index in [1.54, 1.807) is 23.5 Å². The monoisotopic (exact) mass is 507 g/mol. The summed E-state index contributed by atoms with van der Waals surface area (Å²) in [6.07, 6.45) is 5.19. The highest BCUT2D eigenvalue weighted by Gasteiger charge is 2.30. The normalized spacial score (nSPS) is 20.3. The third-order valence-corrected chi connectivity index (χ3v) is 8.25. The van der Waals surface area contributed by atoms with Crippen molar-refractivity contribution in [2.45, 2.75) is 58.7 Å². The predicted octanol–water partition coefficient (Wildman–Crippen LogP) is 5.89. The second-order valence-electron chi connectivity index (χ2n) is 10.4. The van der Waals surface area contributed by atoms with Crippen molar-refractivity contribution in [1.82, 2.24) is 9.88 Å². The Balaban J connectivity index is 1.32. The number of hydrogen-bond donors (Lipinski definition) is 0. The molecule has 5 nitrogen and oxygen atoms in total. The minimum atomic E-state index is -0.332. The molecule has 3 heterocycles. The molecule has 0 N–H and O–H groups in total. The number of carbonyl (C=O) groups is 1. The van der Waals surface area contributed by atoms with E-state index >= 15 is 0 Å². The summed E-state index contributed by atoms with van der Waals surface area (Å²) in [6.45, 7) is 10.3. The third-order valence-electron chi connectivity index (χ3n) is 7.17. The van der Waals surface area contributed by atoms with Crippen molar-refractivity contribution in [3.63, 3.8) is 0 Å². The van der Waals surface area contributed by atoms with Crippen LogP contribution in [0.1, 0.15) is 43.4 Å². The Bertz CT molecular complexity index is 1230. The maximum absolute atomic E-state index is 13.7. The summed E-state index contributed by atoms with van der Waals surface area (Å²) in [7, 11) is 0. The largest absolute Gasteiger partial charge is 0.483 e. The topological polar surface area (TPSA) is 45.7 Å². The molecular weight excluding hydrogens is 473 g/mol. The first-order valence-corrected chi connectivity index (χ1v) is 13.7. The number of nitrogens with zero attached hydrogens (tertiary/aromatic N) is 3. The number of anilines is 1. The van der Waals surface area contributed by atoms with Gasteiger partial charge in [-0.1, -0.05) is 43.4 Å². The lowest BCUT2D eigenvalue weighted by Crippen LogP contribution is -2.53. The average molecular weight is 508 g/mol. The van der Waals surface area contributed by atoms with Crippen LogP contribution in [0.4, 0.5) is 9.52 Å². The number of thiazole rings is 1. The lowest BCUT2D eigenvalue weighted by Gasteiger charge is -2.42. The molecule has 1 saturated heterocycles. The smallest absolute Gasteiger partial charge is 0.186 e. The number of aryl methyl sites for hydroxylation is 1. The van der Waals surface area contributed by atoms with Gasteiger partial charge in [0.1, 0.15) is 11.6 Å². The van der Waals surface area contributed by atoms with Crippen molar-refractivity contribution in [3.05, 3.63) is 65.1 Å². The van der Waals surface area contributed by atoms with Crippen LogP contribution < -0.4 is 9.64 Å². The van der Waals surface area contributed by atoms with E-state index in [2.05, 4.69) is 42.7 Å². The van der Waals surface area contributed by atoms with Gasteiger partial charge in [-0.2, -0.15) is 0 Å². The van der Waals surface area contributed by atoms with Crippen LogP contribution in [-0.4, -0.2) is 48.0 Å². The number of piperazine rings is 1. The van der Waals surface area contributed by atoms with Crippen LogP contribution in [0.5, 0.6) is 5.75 Å². The zero-order valence-electron chi connectivity index (χ0n) is 21.2. The summed E-state index contributed by atoms with van der Waals surface area (Å²) in [5, 5.41) is 1.01. The average Bonchev–Trinajstić information content (AvgIpc) is 3.33. The molecule has 190 valence electrons. The molecule has 2 aliphatic heterocycles. The lowest BCUT2D eigenvalue weighted by molar-refractivity contribution is -0.114. The fourth-order valence-electron chi connectivity index (χ4n) is 5.47. The van der Waals surface area contributed by atoms with E-state index in [0.717, 1.165) is 73.0 Å². The van der Waals surface area contributed by atoms with Gasteiger partial charge >= 0.3 is 0 Å². The highest BCUT2D eigenvalue weighted by atomic mass is 32.1. The van der Waals surface area contributed by atoms with Crippen LogP contribution in [-0.2, 0) is 17.8 Å². The Labute approximate surface area is 216 Å². The minimum absolute atomic E-state index is 0.224. The second-order valence-corrected chi connectivity index (χ2v) is 11.5. The van der Waals surface area contributed by atoms with E-state index in [9.17, 15) is 9.18 Å². The van der Waals surface area contributed by atoms with E-state index in [1.807, 2.05) is 12.3 Å². The fraction of sp³-hybridized carbons (Fsp3) is 0.448. The SMILES string of the molecule is Cc1cc(CN2CCN(c3ncc(-c4cccc(F)c4)s3)[C@H](CC(C)C)C2)cc2c1CCC(C=O)O2. The number of aromatic nitrogens is 1. The van der Waals surface area contributed by atoms with Crippen LogP contribution in [0.25, 0.3) is 10.4 Å². The van der Waals surface area contributed by atoms with Gasteiger partial charge in [-0.3, -0.25) is 9.69 Å². The molecule has 2 aromatic carbocycles. The van der Waals surface area contributed by atoms with E-state index in [0.29, 0.717) is 12.0 Å². The highest BCUT2D eigenvalue weighted by Crippen LogP contribution is 2.35. The van der Waals surface area contributed by atoms with E-state index in [4.69, 9.17) is 9.72 Å². The Kier molecular flexibility index (Phi) is 7.39. The number of rotatable bonds is 7. The predicted molar refractivity (Wildman–Crippen MR) is 143 cm³/mol. The number of halogens is 1. The van der Waals surface area contributed by atoms with Crippen molar-refractivity contribution < 1.29 is 13.9 Å². The fourth-order valence-corrected chi connectivity index (χ4v) is 6.48. The molecule has 1 fully saturated rings. The van der Waals surface area contributed by atoms with Gasteiger partial charge in [-0.05, 0) is 72.6 Å². The molecule has 0 amide bonds. The Morgan fingerprint density at radius 2 is 2.11 bits per heavy atom. The lowest BCUT2D eigenvalue weighted by atomic mass is 9.95. The minimum Gasteiger partial charge on any atom is -0.483 e. The molecule has 1 aromatic heterocycles. The summed E-state index contributed by atoms with van der Waals surface area (Å²) in [5.41, 5.74) is 4.59. The summed E-state index contributed by atoms with van der Waals surface area (Å²) in [5.74, 6) is 1.22. The number of hydrogen-bond acceptors (Lipinski definition) is 6. The molecule has 1 unspecified atom stereocenters. The molecule has 5 rings (SSSR count). The Morgan fingerprint density at radius 3 is 2.89 bits per heavy atom. The standard InChI is InChI=1S/C29H34FN3O2S/c1-19(2)11-24-17-32(16-21-12-20(3)26-8-7-25(18-34)35-27(26)13-21)9-10-33(24)29-31-15-28(36-29)22-5-4-6-23(30)14-22/h4-6,12-15,18-19,24-25H,7-11,16-17H2,1-3H3/t24-,25?/m1/s1. The van der Waals surface area contributed by atoms with Crippen molar-refractivity contribution in [2.75, 3.05) is 24.5 Å². The summed E-state index contributed by atoms with van der Waals surface area (Å²) in [4.78, 5) is 22.0. The first-order valence-electron chi connectivity index (χ1n) is 12.8.